The number of halogens is 2. The molecular weight excluding hydrogens is 421 g/mol. The van der Waals surface area contributed by atoms with Crippen LogP contribution in [0.3, 0.4) is 0 Å². The number of fused-ring (bicyclic) bond motifs is 1. The van der Waals surface area contributed by atoms with Gasteiger partial charge in [0.15, 0.2) is 0 Å². The maximum atomic E-state index is 13.8. The number of rotatable bonds is 3. The molecule has 7 heteroatoms. The average Bonchev–Trinajstić information content (AvgIpc) is 3.25. The van der Waals surface area contributed by atoms with Gasteiger partial charge in [-0.3, -0.25) is 0 Å². The average molecular weight is 434 g/mol. The van der Waals surface area contributed by atoms with E-state index in [0.29, 0.717) is 0 Å². The Kier molecular flexibility index (Phi) is 4.44. The van der Waals surface area contributed by atoms with Gasteiger partial charge in [-0.25, -0.2) is 0 Å². The fraction of sp³-hybridized carbons (Fsp3) is 0.0526. The van der Waals surface area contributed by atoms with Crippen molar-refractivity contribution in [1.29, 1.82) is 0 Å². The van der Waals surface area contributed by atoms with E-state index in [1.165, 1.54) is 6.07 Å². The molecular formula is C19H13F2N2OSSe. The molecule has 0 fully saturated rings. The summed E-state index contributed by atoms with van der Waals surface area (Å²) in [7, 11) is 0. The van der Waals surface area contributed by atoms with Crippen LogP contribution in [0.2, 0.25) is 0 Å². The topological polar surface area (TPSA) is 42.0 Å². The number of nitrogens with one attached hydrogen (secondary N) is 1. The van der Waals surface area contributed by atoms with Gasteiger partial charge in [-0.2, -0.15) is 0 Å². The molecule has 2 aromatic carbocycles. The Labute approximate surface area is 157 Å². The molecule has 1 N–H and O–H groups in total. The van der Waals surface area contributed by atoms with E-state index in [1.807, 2.05) is 25.1 Å². The molecule has 1 amide bonds. The third kappa shape index (κ3) is 2.98. The Bertz CT molecular complexity index is 1070. The summed E-state index contributed by atoms with van der Waals surface area (Å²) in [6, 6.07) is 7.51. The van der Waals surface area contributed by atoms with Gasteiger partial charge in [0.2, 0.25) is 0 Å². The van der Waals surface area contributed by atoms with Crippen LogP contribution in [0.4, 0.5) is 19.3 Å². The first-order valence-electron chi connectivity index (χ1n) is 7.73. The summed E-state index contributed by atoms with van der Waals surface area (Å²) in [5.41, 5.74) is 4.22. The van der Waals surface area contributed by atoms with Crippen molar-refractivity contribution in [2.45, 2.75) is 6.92 Å². The second-order valence-electron chi connectivity index (χ2n) is 5.70. The van der Waals surface area contributed by atoms with E-state index in [1.54, 1.807) is 22.9 Å². The Morgan fingerprint density at radius 2 is 2.04 bits per heavy atom. The molecule has 0 spiro atoms. The van der Waals surface area contributed by atoms with Crippen molar-refractivity contribution in [2.24, 2.45) is 0 Å². The molecule has 1 aliphatic rings. The third-order valence-corrected chi connectivity index (χ3v) is 8.60. The molecule has 3 aromatic rings. The van der Waals surface area contributed by atoms with Crippen LogP contribution in [0.1, 0.15) is 11.1 Å². The van der Waals surface area contributed by atoms with Crippen LogP contribution < -0.4 is 5.32 Å². The number of para-hydroxylation sites is 1. The number of anilines is 1. The van der Waals surface area contributed by atoms with Gasteiger partial charge in [0.25, 0.3) is 0 Å². The van der Waals surface area contributed by atoms with Gasteiger partial charge in [-0.05, 0) is 0 Å². The van der Waals surface area contributed by atoms with Gasteiger partial charge in [0, 0.05) is 0 Å². The SMILES string of the molecule is Cc1cc2scnc2cc1C1=CC=[C][SeH]1C(=O)Nc1c(F)cccc1F. The number of nitrogens with zero attached hydrogens (tertiary/aromatic N) is 1. The first-order chi connectivity index (χ1) is 12.5. The quantitative estimate of drug-likeness (QED) is 0.605. The molecule has 0 saturated heterocycles. The zero-order chi connectivity index (χ0) is 18.3. The van der Waals surface area contributed by atoms with E-state index in [0.717, 1.165) is 37.9 Å². The number of hydrogen-bond donors (Lipinski definition) is 1. The number of carbonyl (C=O) groups excluding carboxylic acids is 1. The van der Waals surface area contributed by atoms with Crippen molar-refractivity contribution < 1.29 is 13.6 Å². The minimum atomic E-state index is -2.45. The number of amides is 1. The fourth-order valence-corrected chi connectivity index (χ4v) is 6.95. The number of thiazole rings is 1. The second kappa shape index (κ2) is 6.76. The van der Waals surface area contributed by atoms with Gasteiger partial charge in [0.05, 0.1) is 0 Å². The van der Waals surface area contributed by atoms with Gasteiger partial charge in [0.1, 0.15) is 0 Å². The second-order valence-corrected chi connectivity index (χ2v) is 10.4. The van der Waals surface area contributed by atoms with Gasteiger partial charge in [-0.15, -0.1) is 0 Å². The molecule has 1 atom stereocenters. The molecule has 131 valence electrons. The molecule has 26 heavy (non-hydrogen) atoms. The number of aromatic nitrogens is 1. The monoisotopic (exact) mass is 435 g/mol. The summed E-state index contributed by atoms with van der Waals surface area (Å²) >= 11 is -0.890. The predicted molar refractivity (Wildman–Crippen MR) is 103 cm³/mol. The van der Waals surface area contributed by atoms with Crippen molar-refractivity contribution in [1.82, 2.24) is 4.98 Å². The van der Waals surface area contributed by atoms with Crippen LogP contribution in [-0.4, -0.2) is 23.7 Å². The molecule has 1 radical (unpaired) electrons. The number of carbonyl (C=O) groups is 1. The standard InChI is InChI=1S/C19H13F2N2OSSe/c1-11-8-16-15(22-10-25-16)9-12(11)17-6-3-7-26(17)19(24)23-18-13(20)4-2-5-14(18)21/h2-6,8-10,26H,1H3,(H,23,24). The van der Waals surface area contributed by atoms with E-state index in [9.17, 15) is 13.6 Å². The molecule has 1 aliphatic heterocycles. The van der Waals surface area contributed by atoms with Gasteiger partial charge >= 0.3 is 157 Å². The molecule has 0 aliphatic carbocycles. The Morgan fingerprint density at radius 1 is 1.27 bits per heavy atom. The van der Waals surface area contributed by atoms with Crippen LogP contribution in [0.25, 0.3) is 14.7 Å². The molecule has 1 aromatic heterocycles. The summed E-state index contributed by atoms with van der Waals surface area (Å²) in [4.78, 5) is 19.7. The first-order valence-corrected chi connectivity index (χ1v) is 11.4. The molecule has 1 unspecified atom stereocenters. The number of benzene rings is 2. The van der Waals surface area contributed by atoms with Gasteiger partial charge in [-0.1, -0.05) is 0 Å². The summed E-state index contributed by atoms with van der Waals surface area (Å²) in [5.74, 6) is -1.58. The molecule has 4 rings (SSSR count). The fourth-order valence-electron chi connectivity index (χ4n) is 2.77. The van der Waals surface area contributed by atoms with Crippen molar-refractivity contribution >= 4 is 50.4 Å². The molecule has 3 nitrogen and oxygen atoms in total. The number of hydrogen-bond acceptors (Lipinski definition) is 3. The zero-order valence-corrected chi connectivity index (χ0v) is 16.3. The normalized spacial score (nSPS) is 17.5. The van der Waals surface area contributed by atoms with E-state index in [2.05, 4.69) is 15.3 Å². The van der Waals surface area contributed by atoms with Crippen molar-refractivity contribution in [3.8, 4) is 0 Å². The summed E-state index contributed by atoms with van der Waals surface area (Å²) < 4.78 is 29.6. The van der Waals surface area contributed by atoms with Crippen LogP contribution in [0.5, 0.6) is 0 Å². The van der Waals surface area contributed by atoms with Crippen molar-refractivity contribution in [2.75, 3.05) is 5.32 Å². The van der Waals surface area contributed by atoms with E-state index >= 15 is 0 Å². The first kappa shape index (κ1) is 17.1. The summed E-state index contributed by atoms with van der Waals surface area (Å²) in [6.45, 7) is 1.98. The Balaban J connectivity index is 1.66. The third-order valence-electron chi connectivity index (χ3n) is 4.04. The summed E-state index contributed by atoms with van der Waals surface area (Å²) in [5, 5.41) is 2.41. The molecule has 0 saturated carbocycles. The van der Waals surface area contributed by atoms with Crippen molar-refractivity contribution in [3.63, 3.8) is 0 Å². The van der Waals surface area contributed by atoms with Crippen LogP contribution in [0, 0.1) is 23.5 Å². The van der Waals surface area contributed by atoms with Gasteiger partial charge < -0.3 is 0 Å². The predicted octanol–water partition coefficient (Wildman–Crippen LogP) is 4.76. The van der Waals surface area contributed by atoms with Crippen LogP contribution in [-0.2, 0) is 0 Å². The van der Waals surface area contributed by atoms with E-state index in [-0.39, 0.29) is 4.81 Å². The maximum absolute atomic E-state index is 13.8. The summed E-state index contributed by atoms with van der Waals surface area (Å²) in [6.07, 6.45) is 3.58. The Morgan fingerprint density at radius 3 is 2.81 bits per heavy atom. The number of allylic oxidation sites excluding steroid dienone is 2. The number of aryl methyl sites for hydroxylation is 1. The minimum absolute atomic E-state index is 0.390. The van der Waals surface area contributed by atoms with Crippen molar-refractivity contribution in [3.05, 3.63) is 75.7 Å². The Hall–Kier alpha value is -2.34. The van der Waals surface area contributed by atoms with E-state index in [4.69, 9.17) is 0 Å². The van der Waals surface area contributed by atoms with E-state index < -0.39 is 31.2 Å². The van der Waals surface area contributed by atoms with Crippen LogP contribution >= 0.6 is 11.3 Å². The molecule has 2 heterocycles. The molecule has 0 bridgehead atoms. The van der Waals surface area contributed by atoms with Crippen LogP contribution in [0.15, 0.2) is 48.0 Å². The zero-order valence-electron chi connectivity index (χ0n) is 13.6.